The maximum absolute atomic E-state index is 12.1. The van der Waals surface area contributed by atoms with Crippen LogP contribution in [0.2, 0.25) is 10.0 Å². The third-order valence-electron chi connectivity index (χ3n) is 3.49. The number of carbonyl (C=O) groups excluding carboxylic acids is 1. The van der Waals surface area contributed by atoms with Crippen LogP contribution in [0.25, 0.3) is 0 Å². The molecule has 4 nitrogen and oxygen atoms in total. The molecule has 2 rings (SSSR count). The normalized spacial score (nSPS) is 18.3. The largest absolute Gasteiger partial charge is 0.325 e. The number of carbonyl (C=O) groups is 1. The van der Waals surface area contributed by atoms with Crippen molar-refractivity contribution in [2.45, 2.75) is 18.9 Å². The van der Waals surface area contributed by atoms with E-state index in [0.29, 0.717) is 28.3 Å². The minimum Gasteiger partial charge on any atom is -0.325 e. The molecule has 118 valence electrons. The van der Waals surface area contributed by atoms with Crippen LogP contribution in [0.4, 0.5) is 5.69 Å². The quantitative estimate of drug-likeness (QED) is 0.856. The van der Waals surface area contributed by atoms with Crippen molar-refractivity contribution in [1.82, 2.24) is 10.2 Å². The Balaban J connectivity index is 0.00000220. The van der Waals surface area contributed by atoms with E-state index in [-0.39, 0.29) is 18.3 Å². The Bertz CT molecular complexity index is 485. The summed E-state index contributed by atoms with van der Waals surface area (Å²) in [5.74, 6) is -0.0219. The van der Waals surface area contributed by atoms with Crippen molar-refractivity contribution in [2.24, 2.45) is 0 Å². The number of anilines is 1. The molecule has 1 unspecified atom stereocenters. The number of hydrogen-bond donors (Lipinski definition) is 2. The number of hydrogen-bond acceptors (Lipinski definition) is 3. The first-order valence-electron chi connectivity index (χ1n) is 6.73. The van der Waals surface area contributed by atoms with E-state index in [4.69, 9.17) is 23.2 Å². The number of amides is 1. The number of rotatable bonds is 5. The molecule has 0 radical (unpaired) electrons. The molecular weight excluding hydrogens is 333 g/mol. The molecule has 1 aromatic carbocycles. The molecule has 0 aromatic heterocycles. The van der Waals surface area contributed by atoms with Crippen LogP contribution in [0.5, 0.6) is 0 Å². The Morgan fingerprint density at radius 3 is 2.81 bits per heavy atom. The van der Waals surface area contributed by atoms with Crippen LogP contribution in [0, 0.1) is 0 Å². The van der Waals surface area contributed by atoms with Crippen LogP contribution >= 0.6 is 35.6 Å². The predicted molar refractivity (Wildman–Crippen MR) is 90.9 cm³/mol. The summed E-state index contributed by atoms with van der Waals surface area (Å²) >= 11 is 11.8. The Hall–Kier alpha value is -0.520. The van der Waals surface area contributed by atoms with E-state index in [2.05, 4.69) is 15.5 Å². The van der Waals surface area contributed by atoms with E-state index in [9.17, 15) is 4.79 Å². The Morgan fingerprint density at radius 1 is 1.38 bits per heavy atom. The van der Waals surface area contributed by atoms with Crippen molar-refractivity contribution >= 4 is 47.2 Å². The molecule has 0 saturated carbocycles. The first-order chi connectivity index (χ1) is 9.60. The molecule has 1 aliphatic rings. The van der Waals surface area contributed by atoms with Gasteiger partial charge in [0.15, 0.2) is 0 Å². The van der Waals surface area contributed by atoms with Crippen LogP contribution in [-0.4, -0.2) is 43.5 Å². The van der Waals surface area contributed by atoms with E-state index >= 15 is 0 Å². The minimum absolute atomic E-state index is 0. The zero-order valence-electron chi connectivity index (χ0n) is 11.9. The molecule has 21 heavy (non-hydrogen) atoms. The second kappa shape index (κ2) is 8.81. The van der Waals surface area contributed by atoms with Gasteiger partial charge in [-0.3, -0.25) is 9.69 Å². The van der Waals surface area contributed by atoms with Crippen LogP contribution < -0.4 is 10.6 Å². The van der Waals surface area contributed by atoms with Gasteiger partial charge in [0.1, 0.15) is 0 Å². The first kappa shape index (κ1) is 18.5. The highest BCUT2D eigenvalue weighted by Crippen LogP contribution is 2.25. The number of nitrogens with one attached hydrogen (secondary N) is 2. The van der Waals surface area contributed by atoms with Gasteiger partial charge in [0.2, 0.25) is 5.91 Å². The molecule has 1 aromatic rings. The maximum atomic E-state index is 12.1. The Labute approximate surface area is 141 Å². The molecule has 1 heterocycles. The topological polar surface area (TPSA) is 44.4 Å². The van der Waals surface area contributed by atoms with Gasteiger partial charge in [-0.25, -0.2) is 0 Å². The van der Waals surface area contributed by atoms with Crippen LogP contribution in [-0.2, 0) is 4.79 Å². The predicted octanol–water partition coefficient (Wildman–Crippen LogP) is 3.04. The smallest absolute Gasteiger partial charge is 0.238 e. The first-order valence-corrected chi connectivity index (χ1v) is 7.49. The van der Waals surface area contributed by atoms with Gasteiger partial charge in [-0.05, 0) is 44.6 Å². The summed E-state index contributed by atoms with van der Waals surface area (Å²) in [5, 5.41) is 6.95. The van der Waals surface area contributed by atoms with E-state index in [1.54, 1.807) is 18.2 Å². The summed E-state index contributed by atoms with van der Waals surface area (Å²) in [4.78, 5) is 14.3. The van der Waals surface area contributed by atoms with Gasteiger partial charge in [0.25, 0.3) is 0 Å². The maximum Gasteiger partial charge on any atom is 0.238 e. The summed E-state index contributed by atoms with van der Waals surface area (Å²) in [7, 11) is 1.94. The zero-order chi connectivity index (χ0) is 14.5. The van der Waals surface area contributed by atoms with Gasteiger partial charge in [-0.2, -0.15) is 0 Å². The SMILES string of the molecule is CNCC1CCCN1CC(=O)Nc1ccc(Cl)c(Cl)c1.Cl. The molecule has 7 heteroatoms. The minimum atomic E-state index is -0.0219. The lowest BCUT2D eigenvalue weighted by Crippen LogP contribution is -2.41. The molecule has 0 bridgehead atoms. The Kier molecular flexibility index (Phi) is 7.77. The summed E-state index contributed by atoms with van der Waals surface area (Å²) in [6.45, 7) is 2.30. The van der Waals surface area contributed by atoms with E-state index in [1.165, 1.54) is 0 Å². The molecule has 0 spiro atoms. The third-order valence-corrected chi connectivity index (χ3v) is 4.23. The highest BCUT2D eigenvalue weighted by atomic mass is 35.5. The van der Waals surface area contributed by atoms with Crippen molar-refractivity contribution in [3.63, 3.8) is 0 Å². The van der Waals surface area contributed by atoms with Gasteiger partial charge in [0.05, 0.1) is 16.6 Å². The average Bonchev–Trinajstić information content (AvgIpc) is 2.82. The highest BCUT2D eigenvalue weighted by Gasteiger charge is 2.25. The fraction of sp³-hybridized carbons (Fsp3) is 0.500. The van der Waals surface area contributed by atoms with Gasteiger partial charge >= 0.3 is 0 Å². The molecule has 0 aliphatic carbocycles. The monoisotopic (exact) mass is 351 g/mol. The van der Waals surface area contributed by atoms with Gasteiger partial charge in [0, 0.05) is 18.3 Å². The lowest BCUT2D eigenvalue weighted by molar-refractivity contribution is -0.117. The van der Waals surface area contributed by atoms with Crippen LogP contribution in [0.1, 0.15) is 12.8 Å². The number of nitrogens with zero attached hydrogens (tertiary/aromatic N) is 1. The van der Waals surface area contributed by atoms with Crippen molar-refractivity contribution < 1.29 is 4.79 Å². The fourth-order valence-corrected chi connectivity index (χ4v) is 2.83. The standard InChI is InChI=1S/C14H19Cl2N3O.ClH/c1-17-8-11-3-2-6-19(11)9-14(20)18-10-4-5-12(15)13(16)7-10;/h4-5,7,11,17H,2-3,6,8-9H2,1H3,(H,18,20);1H. The second-order valence-corrected chi connectivity index (χ2v) is 5.82. The number of likely N-dealkylation sites (tertiary alicyclic amines) is 1. The average molecular weight is 353 g/mol. The fourth-order valence-electron chi connectivity index (χ4n) is 2.53. The Morgan fingerprint density at radius 2 is 2.14 bits per heavy atom. The van der Waals surface area contributed by atoms with Crippen LogP contribution in [0.15, 0.2) is 18.2 Å². The van der Waals surface area contributed by atoms with Crippen LogP contribution in [0.3, 0.4) is 0 Å². The van der Waals surface area contributed by atoms with Gasteiger partial charge in [-0.15, -0.1) is 12.4 Å². The third kappa shape index (κ3) is 5.31. The molecule has 2 N–H and O–H groups in total. The summed E-state index contributed by atoms with van der Waals surface area (Å²) < 4.78 is 0. The lowest BCUT2D eigenvalue weighted by Gasteiger charge is -2.23. The van der Waals surface area contributed by atoms with E-state index in [1.807, 2.05) is 7.05 Å². The highest BCUT2D eigenvalue weighted by molar-refractivity contribution is 6.42. The van der Waals surface area contributed by atoms with E-state index < -0.39 is 0 Å². The van der Waals surface area contributed by atoms with Crippen molar-refractivity contribution in [1.29, 1.82) is 0 Å². The summed E-state index contributed by atoms with van der Waals surface area (Å²) in [6.07, 6.45) is 2.29. The van der Waals surface area contributed by atoms with Crippen molar-refractivity contribution in [2.75, 3.05) is 32.0 Å². The number of benzene rings is 1. The molecule has 1 aliphatic heterocycles. The number of likely N-dealkylation sites (N-methyl/N-ethyl adjacent to an activating group) is 1. The molecular formula is C14H20Cl3N3O. The molecule has 1 atom stereocenters. The second-order valence-electron chi connectivity index (χ2n) is 5.00. The van der Waals surface area contributed by atoms with Gasteiger partial charge in [-0.1, -0.05) is 23.2 Å². The molecule has 1 saturated heterocycles. The lowest BCUT2D eigenvalue weighted by atomic mass is 10.2. The molecule has 1 fully saturated rings. The molecule has 1 amide bonds. The van der Waals surface area contributed by atoms with E-state index in [0.717, 1.165) is 25.9 Å². The summed E-state index contributed by atoms with van der Waals surface area (Å²) in [5.41, 5.74) is 0.675. The zero-order valence-corrected chi connectivity index (χ0v) is 14.2. The van der Waals surface area contributed by atoms with Crippen molar-refractivity contribution in [3.05, 3.63) is 28.2 Å². The van der Waals surface area contributed by atoms with Gasteiger partial charge < -0.3 is 10.6 Å². The summed E-state index contributed by atoms with van der Waals surface area (Å²) in [6, 6.07) is 5.54. The van der Waals surface area contributed by atoms with Crippen molar-refractivity contribution in [3.8, 4) is 0 Å². The number of halogens is 3.